The van der Waals surface area contributed by atoms with Crippen LogP contribution in [-0.2, 0) is 20.4 Å². The number of carbonyl (C=O) groups is 2. The fourth-order valence-corrected chi connectivity index (χ4v) is 6.20. The zero-order valence-electron chi connectivity index (χ0n) is 20.2. The molecule has 3 aliphatic rings. The second-order valence-electron chi connectivity index (χ2n) is 9.90. The van der Waals surface area contributed by atoms with Crippen LogP contribution in [0.4, 0.5) is 0 Å². The molecule has 4 nitrogen and oxygen atoms in total. The predicted octanol–water partition coefficient (Wildman–Crippen LogP) is 5.71. The van der Waals surface area contributed by atoms with E-state index in [-0.39, 0.29) is 23.9 Å². The molecule has 5 rings (SSSR count). The molecule has 2 aromatic carbocycles. The van der Waals surface area contributed by atoms with Crippen molar-refractivity contribution in [3.05, 3.63) is 96.3 Å². The quantitative estimate of drug-likeness (QED) is 0.561. The Kier molecular flexibility index (Phi) is 5.93. The molecule has 1 aliphatic carbocycles. The lowest BCUT2D eigenvalue weighted by atomic mass is 9.77. The molecule has 1 fully saturated rings. The van der Waals surface area contributed by atoms with Gasteiger partial charge in [0.05, 0.1) is 10.8 Å². The van der Waals surface area contributed by atoms with Crippen molar-refractivity contribution < 1.29 is 9.59 Å². The number of rotatable bonds is 6. The summed E-state index contributed by atoms with van der Waals surface area (Å²) in [4.78, 5) is 31.2. The Hall–Kier alpha value is -3.14. The number of hydrogen-bond donors (Lipinski definition) is 0. The van der Waals surface area contributed by atoms with Crippen molar-refractivity contribution in [2.24, 2.45) is 0 Å². The minimum atomic E-state index is -0.553. The normalized spacial score (nSPS) is 31.0. The molecule has 2 aromatic rings. The van der Waals surface area contributed by atoms with Crippen molar-refractivity contribution >= 4 is 11.8 Å². The average molecular weight is 455 g/mol. The van der Waals surface area contributed by atoms with Crippen LogP contribution in [0, 0.1) is 0 Å². The summed E-state index contributed by atoms with van der Waals surface area (Å²) in [6.07, 6.45) is 13.4. The summed E-state index contributed by atoms with van der Waals surface area (Å²) in [6.45, 7) is 4.18. The Morgan fingerprint density at radius 1 is 0.647 bits per heavy atom. The number of amides is 2. The van der Waals surface area contributed by atoms with Gasteiger partial charge in [0.15, 0.2) is 0 Å². The summed E-state index contributed by atoms with van der Waals surface area (Å²) in [6, 6.07) is 20.7. The van der Waals surface area contributed by atoms with Crippen LogP contribution in [0.1, 0.15) is 63.5 Å². The Morgan fingerprint density at radius 2 is 1.00 bits per heavy atom. The van der Waals surface area contributed by atoms with E-state index in [2.05, 4.69) is 50.3 Å². The molecule has 0 saturated heterocycles. The second-order valence-corrected chi connectivity index (χ2v) is 9.90. The Labute approximate surface area is 203 Å². The maximum atomic E-state index is 13.6. The Morgan fingerprint density at radius 3 is 1.32 bits per heavy atom. The first-order valence-electron chi connectivity index (χ1n) is 12.7. The lowest BCUT2D eigenvalue weighted by Gasteiger charge is -2.39. The van der Waals surface area contributed by atoms with E-state index in [0.717, 1.165) is 49.7 Å². The zero-order valence-corrected chi connectivity index (χ0v) is 20.2. The fourth-order valence-electron chi connectivity index (χ4n) is 6.20. The van der Waals surface area contributed by atoms with Crippen molar-refractivity contribution in [2.75, 3.05) is 0 Å². The average Bonchev–Trinajstić information content (AvgIpc) is 3.43. The van der Waals surface area contributed by atoms with Crippen LogP contribution in [-0.4, -0.2) is 33.7 Å². The largest absolute Gasteiger partial charge is 0.315 e. The van der Waals surface area contributed by atoms with Crippen LogP contribution in [0.25, 0.3) is 0 Å². The van der Waals surface area contributed by atoms with Crippen LogP contribution in [0.15, 0.2) is 85.2 Å². The molecule has 2 heterocycles. The standard InChI is InChI=1S/C30H34N2O2/c1-3-29(23-11-7-5-8-12-23)19-21-31(27(29)33)25-15-17-26(18-16-25)32-22-20-30(4-2,28(32)34)24-13-9-6-10-14-24/h5-14,19-22,25-26H,3-4,15-18H2,1-2H3. The summed E-state index contributed by atoms with van der Waals surface area (Å²) in [5, 5.41) is 0. The number of nitrogens with zero attached hydrogens (tertiary/aromatic N) is 2. The Balaban J connectivity index is 1.26. The number of benzene rings is 2. The Bertz CT molecular complexity index is 1010. The summed E-state index contributed by atoms with van der Waals surface area (Å²) in [5.74, 6) is 0.381. The third-order valence-electron chi connectivity index (χ3n) is 8.42. The highest BCUT2D eigenvalue weighted by Gasteiger charge is 2.48. The van der Waals surface area contributed by atoms with Gasteiger partial charge < -0.3 is 9.80 Å². The van der Waals surface area contributed by atoms with Crippen LogP contribution < -0.4 is 0 Å². The zero-order chi connectivity index (χ0) is 23.8. The highest BCUT2D eigenvalue weighted by atomic mass is 16.2. The second kappa shape index (κ2) is 8.90. The SMILES string of the molecule is CCC1(c2ccccc2)C=CN(C2CCC(N3C=CC(CC)(c4ccccc4)C3=O)CC2)C1=O. The minimum Gasteiger partial charge on any atom is -0.315 e. The van der Waals surface area contributed by atoms with E-state index in [1.807, 2.05) is 58.6 Å². The molecule has 4 heteroatoms. The maximum absolute atomic E-state index is 13.6. The molecule has 2 amide bonds. The van der Waals surface area contributed by atoms with Gasteiger partial charge in [-0.25, -0.2) is 0 Å². The molecule has 2 aliphatic heterocycles. The van der Waals surface area contributed by atoms with E-state index in [4.69, 9.17) is 0 Å². The number of carbonyl (C=O) groups excluding carboxylic acids is 2. The van der Waals surface area contributed by atoms with Crippen molar-refractivity contribution in [3.8, 4) is 0 Å². The molecule has 2 atom stereocenters. The van der Waals surface area contributed by atoms with E-state index in [9.17, 15) is 9.59 Å². The highest BCUT2D eigenvalue weighted by molar-refractivity contribution is 5.95. The van der Waals surface area contributed by atoms with Crippen molar-refractivity contribution in [3.63, 3.8) is 0 Å². The van der Waals surface area contributed by atoms with Crippen LogP contribution >= 0.6 is 0 Å². The molecule has 1 saturated carbocycles. The molecular formula is C30H34N2O2. The first-order chi connectivity index (χ1) is 16.6. The van der Waals surface area contributed by atoms with E-state index in [1.165, 1.54) is 0 Å². The summed E-state index contributed by atoms with van der Waals surface area (Å²) in [5.41, 5.74) is 1.03. The van der Waals surface area contributed by atoms with E-state index in [1.54, 1.807) is 0 Å². The van der Waals surface area contributed by atoms with Gasteiger partial charge in [-0.3, -0.25) is 9.59 Å². The summed E-state index contributed by atoms with van der Waals surface area (Å²) in [7, 11) is 0. The highest BCUT2D eigenvalue weighted by Crippen LogP contribution is 2.42. The molecule has 2 unspecified atom stereocenters. The first-order valence-corrected chi connectivity index (χ1v) is 12.7. The van der Waals surface area contributed by atoms with Gasteiger partial charge in [0.2, 0.25) is 11.8 Å². The van der Waals surface area contributed by atoms with Crippen molar-refractivity contribution in [2.45, 2.75) is 75.3 Å². The number of hydrogen-bond acceptors (Lipinski definition) is 2. The summed E-state index contributed by atoms with van der Waals surface area (Å²) >= 11 is 0. The monoisotopic (exact) mass is 454 g/mol. The molecular weight excluding hydrogens is 420 g/mol. The molecule has 0 aromatic heterocycles. The lowest BCUT2D eigenvalue weighted by molar-refractivity contribution is -0.136. The topological polar surface area (TPSA) is 40.6 Å². The predicted molar refractivity (Wildman–Crippen MR) is 135 cm³/mol. The van der Waals surface area contributed by atoms with Crippen LogP contribution in [0.3, 0.4) is 0 Å². The molecule has 0 bridgehead atoms. The lowest BCUT2D eigenvalue weighted by Crippen LogP contribution is -2.48. The van der Waals surface area contributed by atoms with E-state index >= 15 is 0 Å². The van der Waals surface area contributed by atoms with Gasteiger partial charge >= 0.3 is 0 Å². The third kappa shape index (κ3) is 3.43. The van der Waals surface area contributed by atoms with Crippen molar-refractivity contribution in [1.29, 1.82) is 0 Å². The molecule has 0 spiro atoms. The maximum Gasteiger partial charge on any atom is 0.241 e. The van der Waals surface area contributed by atoms with Crippen LogP contribution in [0.2, 0.25) is 0 Å². The van der Waals surface area contributed by atoms with Crippen LogP contribution in [0.5, 0.6) is 0 Å². The molecule has 34 heavy (non-hydrogen) atoms. The van der Waals surface area contributed by atoms with Crippen molar-refractivity contribution in [1.82, 2.24) is 9.80 Å². The van der Waals surface area contributed by atoms with Gasteiger partial charge in [-0.2, -0.15) is 0 Å². The van der Waals surface area contributed by atoms with Gasteiger partial charge in [0.25, 0.3) is 0 Å². The van der Waals surface area contributed by atoms with Gasteiger partial charge in [0, 0.05) is 24.5 Å². The van der Waals surface area contributed by atoms with Gasteiger partial charge in [-0.15, -0.1) is 0 Å². The smallest absolute Gasteiger partial charge is 0.241 e. The third-order valence-corrected chi connectivity index (χ3v) is 8.42. The molecule has 0 radical (unpaired) electrons. The van der Waals surface area contributed by atoms with Gasteiger partial charge in [-0.1, -0.05) is 74.5 Å². The van der Waals surface area contributed by atoms with Gasteiger partial charge in [-0.05, 0) is 61.8 Å². The summed E-state index contributed by atoms with van der Waals surface area (Å²) < 4.78 is 0. The fraction of sp³-hybridized carbons (Fsp3) is 0.400. The van der Waals surface area contributed by atoms with E-state index < -0.39 is 10.8 Å². The first kappa shape index (κ1) is 22.6. The molecule has 0 N–H and O–H groups in total. The molecule has 176 valence electrons. The van der Waals surface area contributed by atoms with E-state index in [0.29, 0.717) is 0 Å². The minimum absolute atomic E-state index is 0.191. The van der Waals surface area contributed by atoms with Gasteiger partial charge in [0.1, 0.15) is 0 Å².